The summed E-state index contributed by atoms with van der Waals surface area (Å²) in [6, 6.07) is 16.1. The van der Waals surface area contributed by atoms with Crippen molar-refractivity contribution in [3.05, 3.63) is 60.2 Å². The van der Waals surface area contributed by atoms with Crippen LogP contribution in [0.2, 0.25) is 0 Å². The molecular weight excluding hydrogens is 520 g/mol. The standard InChI is InChI=1S/C29H40N2O7S/c1-20(2)18-31(39(34)23-11-9-22(35-3)10-12-23)19-26(32)25(17-21-7-5-4-6-8-21)30-29(33)38-27-14-16-37-28-24(27)13-15-36-28/h4-12,20,24-28,32H,13-19H2,1-3H3,(H,30,33)/t24-,25-,26+,27-,28+,39?/m0/s1. The average molecular weight is 561 g/mol. The van der Waals surface area contributed by atoms with Gasteiger partial charge >= 0.3 is 6.09 Å². The van der Waals surface area contributed by atoms with Crippen LogP contribution >= 0.6 is 0 Å². The van der Waals surface area contributed by atoms with Crippen molar-refractivity contribution in [3.8, 4) is 5.75 Å². The second kappa shape index (κ2) is 14.3. The monoisotopic (exact) mass is 560 g/mol. The van der Waals surface area contributed by atoms with Gasteiger partial charge in [0.2, 0.25) is 0 Å². The number of hydrogen-bond acceptors (Lipinski definition) is 8. The first kappa shape index (κ1) is 29.6. The van der Waals surface area contributed by atoms with Gasteiger partial charge in [0, 0.05) is 18.9 Å². The summed E-state index contributed by atoms with van der Waals surface area (Å²) in [6.45, 7) is 5.73. The Hall–Kier alpha value is -2.34. The SMILES string of the molecule is COc1ccc([S+]([O-])N(CC(C)C)C[C@@H](O)[C@H](Cc2ccccc2)NC(=O)O[C@H]2CCO[C@H]3OCC[C@H]32)cc1. The Kier molecular flexibility index (Phi) is 10.9. The first-order chi connectivity index (χ1) is 18.8. The number of aliphatic hydroxyl groups excluding tert-OH is 1. The highest BCUT2D eigenvalue weighted by Gasteiger charge is 2.41. The van der Waals surface area contributed by atoms with E-state index in [9.17, 15) is 14.5 Å². The molecule has 1 unspecified atom stereocenters. The lowest BCUT2D eigenvalue weighted by Crippen LogP contribution is -2.52. The van der Waals surface area contributed by atoms with Gasteiger partial charge in [0.1, 0.15) is 11.9 Å². The van der Waals surface area contributed by atoms with Gasteiger partial charge in [-0.15, -0.1) is 4.31 Å². The molecule has 0 saturated carbocycles. The van der Waals surface area contributed by atoms with Crippen LogP contribution in [0.5, 0.6) is 5.75 Å². The minimum atomic E-state index is -1.51. The maximum Gasteiger partial charge on any atom is 0.407 e. The van der Waals surface area contributed by atoms with Crippen molar-refractivity contribution >= 4 is 17.5 Å². The van der Waals surface area contributed by atoms with Crippen molar-refractivity contribution in [1.82, 2.24) is 9.62 Å². The Morgan fingerprint density at radius 3 is 2.46 bits per heavy atom. The fourth-order valence-corrected chi connectivity index (χ4v) is 6.43. The number of carbonyl (C=O) groups is 1. The van der Waals surface area contributed by atoms with E-state index in [1.54, 1.807) is 35.7 Å². The predicted molar refractivity (Wildman–Crippen MR) is 148 cm³/mol. The quantitative estimate of drug-likeness (QED) is 0.379. The van der Waals surface area contributed by atoms with Gasteiger partial charge in [0.15, 0.2) is 11.2 Å². The number of nitrogens with one attached hydrogen (secondary N) is 1. The molecule has 10 heteroatoms. The summed E-state index contributed by atoms with van der Waals surface area (Å²) >= 11 is -1.51. The summed E-state index contributed by atoms with van der Waals surface area (Å²) in [5, 5.41) is 14.3. The van der Waals surface area contributed by atoms with Crippen LogP contribution in [0, 0.1) is 11.8 Å². The van der Waals surface area contributed by atoms with Crippen LogP contribution in [-0.4, -0.2) is 78.0 Å². The van der Waals surface area contributed by atoms with Crippen LogP contribution in [0.4, 0.5) is 4.79 Å². The van der Waals surface area contributed by atoms with E-state index < -0.39 is 29.6 Å². The van der Waals surface area contributed by atoms with E-state index in [-0.39, 0.29) is 30.8 Å². The van der Waals surface area contributed by atoms with Crippen molar-refractivity contribution in [1.29, 1.82) is 0 Å². The van der Waals surface area contributed by atoms with Gasteiger partial charge in [-0.05, 0) is 48.6 Å². The van der Waals surface area contributed by atoms with E-state index in [0.29, 0.717) is 43.2 Å². The second-order valence-electron chi connectivity index (χ2n) is 10.5. The number of carbonyl (C=O) groups excluding carboxylic acids is 1. The van der Waals surface area contributed by atoms with Gasteiger partial charge in [-0.2, -0.15) is 0 Å². The van der Waals surface area contributed by atoms with Crippen LogP contribution < -0.4 is 10.1 Å². The van der Waals surface area contributed by atoms with Crippen molar-refractivity contribution in [2.24, 2.45) is 11.8 Å². The van der Waals surface area contributed by atoms with Gasteiger partial charge in [-0.3, -0.25) is 0 Å². The van der Waals surface area contributed by atoms with Gasteiger partial charge < -0.3 is 33.9 Å². The van der Waals surface area contributed by atoms with Crippen LogP contribution in [0.25, 0.3) is 0 Å². The molecule has 2 aromatic rings. The predicted octanol–water partition coefficient (Wildman–Crippen LogP) is 3.53. The molecule has 0 radical (unpaired) electrons. The number of alkyl carbamates (subject to hydrolysis) is 1. The Balaban J connectivity index is 1.46. The van der Waals surface area contributed by atoms with Crippen molar-refractivity contribution in [3.63, 3.8) is 0 Å². The number of nitrogens with zero attached hydrogens (tertiary/aromatic N) is 1. The third-order valence-electron chi connectivity index (χ3n) is 7.02. The molecule has 2 fully saturated rings. The third kappa shape index (κ3) is 8.33. The van der Waals surface area contributed by atoms with E-state index in [1.165, 1.54) is 0 Å². The van der Waals surface area contributed by atoms with E-state index >= 15 is 0 Å². The minimum absolute atomic E-state index is 0.00967. The molecule has 1 amide bonds. The van der Waals surface area contributed by atoms with E-state index in [2.05, 4.69) is 5.32 Å². The lowest BCUT2D eigenvalue weighted by Gasteiger charge is -2.33. The Labute approximate surface area is 234 Å². The molecule has 9 nitrogen and oxygen atoms in total. The van der Waals surface area contributed by atoms with E-state index in [1.807, 2.05) is 44.2 Å². The Morgan fingerprint density at radius 1 is 1.10 bits per heavy atom. The van der Waals surface area contributed by atoms with Crippen molar-refractivity contribution in [2.75, 3.05) is 33.4 Å². The fraction of sp³-hybridized carbons (Fsp3) is 0.552. The third-order valence-corrected chi connectivity index (χ3v) is 8.47. The maximum atomic E-state index is 13.5. The van der Waals surface area contributed by atoms with Gasteiger partial charge in [-0.1, -0.05) is 44.2 Å². The van der Waals surface area contributed by atoms with E-state index in [0.717, 1.165) is 12.0 Å². The molecule has 6 atom stereocenters. The van der Waals surface area contributed by atoms with Gasteiger partial charge in [0.25, 0.3) is 0 Å². The van der Waals surface area contributed by atoms with Crippen LogP contribution in [0.15, 0.2) is 59.5 Å². The summed E-state index contributed by atoms with van der Waals surface area (Å²) in [5.41, 5.74) is 0.962. The Morgan fingerprint density at radius 2 is 1.79 bits per heavy atom. The normalized spacial score (nSPS) is 23.2. The number of ether oxygens (including phenoxy) is 4. The number of fused-ring (bicyclic) bond motifs is 1. The van der Waals surface area contributed by atoms with Crippen LogP contribution in [0.3, 0.4) is 0 Å². The molecule has 214 valence electrons. The highest BCUT2D eigenvalue weighted by Crippen LogP contribution is 2.32. The molecule has 0 bridgehead atoms. The van der Waals surface area contributed by atoms with Crippen molar-refractivity contribution < 1.29 is 33.4 Å². The number of rotatable bonds is 12. The minimum Gasteiger partial charge on any atom is -0.593 e. The fourth-order valence-electron chi connectivity index (χ4n) is 5.04. The summed E-state index contributed by atoms with van der Waals surface area (Å²) in [4.78, 5) is 13.7. The second-order valence-corrected chi connectivity index (χ2v) is 12.0. The van der Waals surface area contributed by atoms with Crippen molar-refractivity contribution in [2.45, 2.75) is 62.5 Å². The number of aliphatic hydroxyl groups is 1. The summed E-state index contributed by atoms with van der Waals surface area (Å²) in [6.07, 6.45) is -0.451. The first-order valence-electron chi connectivity index (χ1n) is 13.6. The van der Waals surface area contributed by atoms with Gasteiger partial charge in [0.05, 0.1) is 50.4 Å². The smallest absolute Gasteiger partial charge is 0.407 e. The molecule has 2 N–H and O–H groups in total. The summed E-state index contributed by atoms with van der Waals surface area (Å²) in [5.74, 6) is 0.896. The number of amides is 1. The number of hydrogen-bond donors (Lipinski definition) is 2. The molecule has 0 spiro atoms. The summed E-state index contributed by atoms with van der Waals surface area (Å²) < 4.78 is 37.6. The zero-order valence-electron chi connectivity index (χ0n) is 22.9. The highest BCUT2D eigenvalue weighted by atomic mass is 32.2. The maximum absolute atomic E-state index is 13.5. The summed E-state index contributed by atoms with van der Waals surface area (Å²) in [7, 11) is 1.58. The molecule has 2 heterocycles. The van der Waals surface area contributed by atoms with E-state index in [4.69, 9.17) is 18.9 Å². The van der Waals surface area contributed by atoms with Crippen LogP contribution in [-0.2, 0) is 32.0 Å². The Bertz CT molecular complexity index is 1030. The zero-order valence-corrected chi connectivity index (χ0v) is 23.7. The first-order valence-corrected chi connectivity index (χ1v) is 14.7. The highest BCUT2D eigenvalue weighted by molar-refractivity contribution is 7.89. The molecule has 0 aliphatic carbocycles. The lowest BCUT2D eigenvalue weighted by atomic mass is 9.95. The number of benzene rings is 2. The topological polar surface area (TPSA) is 113 Å². The molecule has 2 aromatic carbocycles. The molecule has 2 saturated heterocycles. The van der Waals surface area contributed by atoms with Gasteiger partial charge in [-0.25, -0.2) is 4.79 Å². The molecule has 2 aliphatic heterocycles. The number of methoxy groups -OCH3 is 1. The zero-order chi connectivity index (χ0) is 27.8. The van der Waals surface area contributed by atoms with Crippen LogP contribution in [0.1, 0.15) is 32.3 Å². The average Bonchev–Trinajstić information content (AvgIpc) is 3.42. The lowest BCUT2D eigenvalue weighted by molar-refractivity contribution is -0.179. The molecule has 4 rings (SSSR count). The molecular formula is C29H40N2O7S. The molecule has 0 aromatic heterocycles. The largest absolute Gasteiger partial charge is 0.593 e. The molecule has 2 aliphatic rings. The molecule has 39 heavy (non-hydrogen) atoms.